The molecule has 1 unspecified atom stereocenters. The van der Waals surface area contributed by atoms with E-state index in [0.717, 1.165) is 18.4 Å². The second-order valence-corrected chi connectivity index (χ2v) is 5.85. The van der Waals surface area contributed by atoms with Crippen LogP contribution in [0, 0.1) is 11.8 Å². The highest BCUT2D eigenvalue weighted by atomic mass is 16.3. The predicted molar refractivity (Wildman–Crippen MR) is 75.6 cm³/mol. The van der Waals surface area contributed by atoms with Crippen LogP contribution in [-0.4, -0.2) is 11.7 Å². The molecule has 1 saturated carbocycles. The van der Waals surface area contributed by atoms with Gasteiger partial charge in [0, 0.05) is 6.04 Å². The summed E-state index contributed by atoms with van der Waals surface area (Å²) < 4.78 is 0. The molecular weight excluding hydrogens is 222 g/mol. The molecule has 2 N–H and O–H groups in total. The quantitative estimate of drug-likeness (QED) is 0.846. The maximum absolute atomic E-state index is 9.48. The topological polar surface area (TPSA) is 32.3 Å². The molecule has 2 nitrogen and oxygen atoms in total. The molecule has 0 aromatic heterocycles. The summed E-state index contributed by atoms with van der Waals surface area (Å²) in [6.45, 7) is 5.63. The number of nitrogens with one attached hydrogen (secondary N) is 1. The Bertz CT molecular complexity index is 369. The monoisotopic (exact) mass is 247 g/mol. The summed E-state index contributed by atoms with van der Waals surface area (Å²) in [7, 11) is 0. The first-order valence-electron chi connectivity index (χ1n) is 7.17. The number of hydrogen-bond acceptors (Lipinski definition) is 2. The molecule has 0 amide bonds. The van der Waals surface area contributed by atoms with E-state index >= 15 is 0 Å². The van der Waals surface area contributed by atoms with Gasteiger partial charge < -0.3 is 10.4 Å². The summed E-state index contributed by atoms with van der Waals surface area (Å²) in [5.41, 5.74) is 1.17. The van der Waals surface area contributed by atoms with E-state index in [2.05, 4.69) is 25.2 Å². The van der Waals surface area contributed by atoms with Crippen molar-refractivity contribution >= 4 is 0 Å². The van der Waals surface area contributed by atoms with Crippen molar-refractivity contribution in [2.24, 2.45) is 11.8 Å². The highest BCUT2D eigenvalue weighted by Crippen LogP contribution is 2.28. The zero-order chi connectivity index (χ0) is 13.0. The lowest BCUT2D eigenvalue weighted by Gasteiger charge is -2.27. The molecular formula is C16H25NO. The molecule has 0 radical (unpaired) electrons. The lowest BCUT2D eigenvalue weighted by Crippen LogP contribution is -2.28. The van der Waals surface area contributed by atoms with E-state index in [9.17, 15) is 5.11 Å². The Hall–Kier alpha value is -1.02. The maximum Gasteiger partial charge on any atom is 0.115 e. The van der Waals surface area contributed by atoms with Crippen molar-refractivity contribution in [1.29, 1.82) is 0 Å². The highest BCUT2D eigenvalue weighted by Gasteiger charge is 2.18. The fraction of sp³-hybridized carbons (Fsp3) is 0.625. The van der Waals surface area contributed by atoms with Crippen molar-refractivity contribution in [2.75, 3.05) is 6.54 Å². The molecule has 18 heavy (non-hydrogen) atoms. The minimum absolute atomic E-state index is 0.316. The lowest BCUT2D eigenvalue weighted by atomic mass is 9.83. The number of hydrogen-bond donors (Lipinski definition) is 2. The predicted octanol–water partition coefficient (Wildman–Crippen LogP) is 3.87. The summed E-state index contributed by atoms with van der Waals surface area (Å²) in [5.74, 6) is 2.11. The molecule has 2 rings (SSSR count). The fourth-order valence-electron chi connectivity index (χ4n) is 2.79. The maximum atomic E-state index is 9.48. The van der Waals surface area contributed by atoms with E-state index in [1.54, 1.807) is 6.07 Å². The van der Waals surface area contributed by atoms with E-state index < -0.39 is 0 Å². The molecule has 0 aliphatic heterocycles. The standard InChI is InChI=1S/C16H25NO/c1-12-6-8-14(9-7-12)11-17-13(2)15-4-3-5-16(18)10-15/h3-5,10,12-14,17-18H,6-9,11H2,1-2H3. The first-order valence-corrected chi connectivity index (χ1v) is 7.17. The molecule has 1 aliphatic rings. The number of phenolic OH excluding ortho intramolecular Hbond substituents is 1. The van der Waals surface area contributed by atoms with Crippen molar-refractivity contribution in [3.8, 4) is 5.75 Å². The van der Waals surface area contributed by atoms with Gasteiger partial charge in [-0.2, -0.15) is 0 Å². The Kier molecular flexibility index (Phi) is 4.65. The Morgan fingerprint density at radius 3 is 2.67 bits per heavy atom. The Morgan fingerprint density at radius 2 is 2.00 bits per heavy atom. The van der Waals surface area contributed by atoms with Gasteiger partial charge in [-0.1, -0.05) is 31.9 Å². The second-order valence-electron chi connectivity index (χ2n) is 5.85. The largest absolute Gasteiger partial charge is 0.508 e. The molecule has 1 aromatic carbocycles. The van der Waals surface area contributed by atoms with Crippen molar-refractivity contribution in [1.82, 2.24) is 5.32 Å². The number of phenols is 1. The minimum Gasteiger partial charge on any atom is -0.508 e. The summed E-state index contributed by atoms with van der Waals surface area (Å²) in [6, 6.07) is 7.86. The van der Waals surface area contributed by atoms with Gasteiger partial charge in [0.15, 0.2) is 0 Å². The fourth-order valence-corrected chi connectivity index (χ4v) is 2.79. The molecule has 1 aliphatic carbocycles. The van der Waals surface area contributed by atoms with Crippen LogP contribution < -0.4 is 5.32 Å². The molecule has 0 heterocycles. The van der Waals surface area contributed by atoms with Gasteiger partial charge in [-0.15, -0.1) is 0 Å². The van der Waals surface area contributed by atoms with Crippen molar-refractivity contribution in [3.05, 3.63) is 29.8 Å². The highest BCUT2D eigenvalue weighted by molar-refractivity contribution is 5.28. The summed E-state index contributed by atoms with van der Waals surface area (Å²) in [4.78, 5) is 0. The van der Waals surface area contributed by atoms with E-state index in [1.807, 2.05) is 12.1 Å². The Labute approximate surface area is 110 Å². The SMILES string of the molecule is CC1CCC(CNC(C)c2cccc(O)c2)CC1. The average molecular weight is 247 g/mol. The van der Waals surface area contributed by atoms with Crippen LogP contribution in [0.25, 0.3) is 0 Å². The van der Waals surface area contributed by atoms with E-state index in [1.165, 1.54) is 31.2 Å². The zero-order valence-corrected chi connectivity index (χ0v) is 11.5. The summed E-state index contributed by atoms with van der Waals surface area (Å²) in [5, 5.41) is 13.1. The van der Waals surface area contributed by atoms with Gasteiger partial charge in [0.2, 0.25) is 0 Å². The number of aromatic hydroxyl groups is 1. The van der Waals surface area contributed by atoms with E-state index in [0.29, 0.717) is 11.8 Å². The summed E-state index contributed by atoms with van der Waals surface area (Å²) >= 11 is 0. The van der Waals surface area contributed by atoms with Crippen molar-refractivity contribution < 1.29 is 5.11 Å². The van der Waals surface area contributed by atoms with Crippen molar-refractivity contribution in [2.45, 2.75) is 45.6 Å². The lowest BCUT2D eigenvalue weighted by molar-refractivity contribution is 0.276. The Balaban J connectivity index is 1.79. The average Bonchev–Trinajstić information content (AvgIpc) is 2.38. The zero-order valence-electron chi connectivity index (χ0n) is 11.5. The van der Waals surface area contributed by atoms with Gasteiger partial charge in [0.25, 0.3) is 0 Å². The Morgan fingerprint density at radius 1 is 1.28 bits per heavy atom. The van der Waals surface area contributed by atoms with E-state index in [-0.39, 0.29) is 0 Å². The van der Waals surface area contributed by atoms with Crippen LogP contribution in [0.4, 0.5) is 0 Å². The molecule has 1 fully saturated rings. The van der Waals surface area contributed by atoms with Gasteiger partial charge in [0.1, 0.15) is 5.75 Å². The molecule has 100 valence electrons. The minimum atomic E-state index is 0.316. The van der Waals surface area contributed by atoms with Crippen LogP contribution in [0.5, 0.6) is 5.75 Å². The van der Waals surface area contributed by atoms with Crippen molar-refractivity contribution in [3.63, 3.8) is 0 Å². The second kappa shape index (κ2) is 6.24. The smallest absolute Gasteiger partial charge is 0.115 e. The first-order chi connectivity index (χ1) is 8.65. The van der Waals surface area contributed by atoms with E-state index in [4.69, 9.17) is 0 Å². The third-order valence-corrected chi connectivity index (χ3v) is 4.22. The molecule has 1 atom stereocenters. The molecule has 0 spiro atoms. The van der Waals surface area contributed by atoms with Crippen LogP contribution in [0.2, 0.25) is 0 Å². The molecule has 2 heteroatoms. The molecule has 0 bridgehead atoms. The molecule has 0 saturated heterocycles. The van der Waals surface area contributed by atoms with Crippen LogP contribution >= 0.6 is 0 Å². The van der Waals surface area contributed by atoms with Gasteiger partial charge in [0.05, 0.1) is 0 Å². The van der Waals surface area contributed by atoms with Crippen LogP contribution in [0.3, 0.4) is 0 Å². The van der Waals surface area contributed by atoms with Gasteiger partial charge >= 0.3 is 0 Å². The third-order valence-electron chi connectivity index (χ3n) is 4.22. The number of rotatable bonds is 4. The summed E-state index contributed by atoms with van der Waals surface area (Å²) in [6.07, 6.45) is 5.49. The van der Waals surface area contributed by atoms with Gasteiger partial charge in [-0.3, -0.25) is 0 Å². The van der Waals surface area contributed by atoms with Crippen LogP contribution in [0.15, 0.2) is 24.3 Å². The first kappa shape index (κ1) is 13.4. The molecule has 1 aromatic rings. The third kappa shape index (κ3) is 3.74. The number of benzene rings is 1. The van der Waals surface area contributed by atoms with Crippen LogP contribution in [0.1, 0.15) is 51.1 Å². The van der Waals surface area contributed by atoms with Gasteiger partial charge in [-0.05, 0) is 55.8 Å². The van der Waals surface area contributed by atoms with Gasteiger partial charge in [-0.25, -0.2) is 0 Å². The normalized spacial score (nSPS) is 25.9. The van der Waals surface area contributed by atoms with Crippen LogP contribution in [-0.2, 0) is 0 Å².